The summed E-state index contributed by atoms with van der Waals surface area (Å²) in [5, 5.41) is 7.85. The van der Waals surface area contributed by atoms with Gasteiger partial charge in [-0.25, -0.2) is 0 Å². The van der Waals surface area contributed by atoms with Gasteiger partial charge < -0.3 is 9.40 Å². The quantitative estimate of drug-likeness (QED) is 0.659. The molecule has 0 aliphatic heterocycles. The lowest BCUT2D eigenvalue weighted by molar-refractivity contribution is 0.0985. The molecule has 0 aliphatic carbocycles. The minimum absolute atomic E-state index is 0.0559. The number of nitrogens with one attached hydrogen (secondary N) is 1. The molecule has 5 nitrogen and oxygen atoms in total. The number of aromatic amines is 1. The van der Waals surface area contributed by atoms with E-state index < -0.39 is 0 Å². The van der Waals surface area contributed by atoms with E-state index in [1.807, 2.05) is 24.3 Å². The van der Waals surface area contributed by atoms with Gasteiger partial charge in [0, 0.05) is 5.56 Å². The molecule has 0 unspecified atom stereocenters. The highest BCUT2D eigenvalue weighted by Gasteiger charge is 2.15. The van der Waals surface area contributed by atoms with Gasteiger partial charge in [-0.15, -0.1) is 10.2 Å². The third kappa shape index (κ3) is 3.14. The minimum Gasteiger partial charge on any atom is -0.419 e. The van der Waals surface area contributed by atoms with Crippen LogP contribution in [0.15, 0.2) is 49.9 Å². The molecule has 3 aromatic rings. The Balaban J connectivity index is 1.78. The molecule has 0 radical (unpaired) electrons. The Bertz CT molecular complexity index is 761. The summed E-state index contributed by atoms with van der Waals surface area (Å²) in [5.74, 6) is 0.581. The molecule has 7 heteroatoms. The summed E-state index contributed by atoms with van der Waals surface area (Å²) >= 11 is 6.71. The summed E-state index contributed by atoms with van der Waals surface area (Å²) in [4.78, 5) is 15.1. The van der Waals surface area contributed by atoms with Crippen molar-refractivity contribution in [1.82, 2.24) is 15.2 Å². The number of carbonyl (C=O) groups excluding carboxylic acids is 1. The summed E-state index contributed by atoms with van der Waals surface area (Å²) in [5.41, 5.74) is 1.31. The fourth-order valence-corrected chi connectivity index (χ4v) is 2.47. The third-order valence-corrected chi connectivity index (χ3v) is 4.61. The van der Waals surface area contributed by atoms with Crippen LogP contribution in [0.1, 0.15) is 16.2 Å². The molecule has 3 rings (SSSR count). The Morgan fingerprint density at radius 3 is 2.62 bits per heavy atom. The maximum atomic E-state index is 12.1. The molecule has 106 valence electrons. The first kappa shape index (κ1) is 14.2. The van der Waals surface area contributed by atoms with Crippen LogP contribution in [-0.2, 0) is 6.42 Å². The standard InChI is InChI=1S/C14H9Br2N3O2/c15-9-6-10(17-13(9)16)14-19-18-12(21-14)7-11(20)8-4-2-1-3-5-8/h1-6,17H,7H2. The lowest BCUT2D eigenvalue weighted by Crippen LogP contribution is -2.03. The number of rotatable bonds is 4. The van der Waals surface area contributed by atoms with Gasteiger partial charge in [0.1, 0.15) is 5.69 Å². The van der Waals surface area contributed by atoms with Crippen LogP contribution >= 0.6 is 31.9 Å². The number of benzene rings is 1. The molecule has 1 N–H and O–H groups in total. The van der Waals surface area contributed by atoms with Gasteiger partial charge in [0.05, 0.1) is 15.5 Å². The molecule has 0 saturated carbocycles. The van der Waals surface area contributed by atoms with Crippen molar-refractivity contribution in [2.24, 2.45) is 0 Å². The second kappa shape index (κ2) is 5.95. The molecule has 0 aliphatic rings. The molecule has 0 fully saturated rings. The number of hydrogen-bond acceptors (Lipinski definition) is 4. The van der Waals surface area contributed by atoms with Crippen LogP contribution in [-0.4, -0.2) is 21.0 Å². The second-order valence-electron chi connectivity index (χ2n) is 4.31. The molecule has 1 aromatic carbocycles. The third-order valence-electron chi connectivity index (χ3n) is 2.83. The van der Waals surface area contributed by atoms with Crippen LogP contribution in [0.4, 0.5) is 0 Å². The zero-order valence-electron chi connectivity index (χ0n) is 10.6. The van der Waals surface area contributed by atoms with Crippen molar-refractivity contribution < 1.29 is 9.21 Å². The van der Waals surface area contributed by atoms with Gasteiger partial charge in [-0.2, -0.15) is 0 Å². The maximum absolute atomic E-state index is 12.1. The largest absolute Gasteiger partial charge is 0.419 e. The highest BCUT2D eigenvalue weighted by molar-refractivity contribution is 9.13. The summed E-state index contributed by atoms with van der Waals surface area (Å²) in [6.07, 6.45) is 0.0834. The van der Waals surface area contributed by atoms with Crippen molar-refractivity contribution in [2.45, 2.75) is 6.42 Å². The number of carbonyl (C=O) groups is 1. The van der Waals surface area contributed by atoms with Gasteiger partial charge in [0.2, 0.25) is 5.89 Å². The van der Waals surface area contributed by atoms with E-state index in [-0.39, 0.29) is 12.2 Å². The molecule has 0 spiro atoms. The van der Waals surface area contributed by atoms with Crippen molar-refractivity contribution in [3.05, 3.63) is 56.9 Å². The van der Waals surface area contributed by atoms with Gasteiger partial charge in [-0.1, -0.05) is 30.3 Å². The summed E-state index contributed by atoms with van der Waals surface area (Å²) < 4.78 is 7.16. The first-order chi connectivity index (χ1) is 10.1. The summed E-state index contributed by atoms with van der Waals surface area (Å²) in [6, 6.07) is 10.8. The van der Waals surface area contributed by atoms with Crippen molar-refractivity contribution in [1.29, 1.82) is 0 Å². The SMILES string of the molecule is O=C(Cc1nnc(-c2cc(Br)c(Br)[nH]2)o1)c1ccccc1. The normalized spacial score (nSPS) is 10.8. The predicted octanol–water partition coefficient (Wildman–Crippen LogP) is 4.02. The lowest BCUT2D eigenvalue weighted by Gasteiger charge is -1.96. The molecule has 2 heterocycles. The van der Waals surface area contributed by atoms with E-state index in [9.17, 15) is 4.79 Å². The van der Waals surface area contributed by atoms with Crippen LogP contribution < -0.4 is 0 Å². The number of ketones is 1. The molecule has 0 saturated heterocycles. The summed E-state index contributed by atoms with van der Waals surface area (Å²) in [7, 11) is 0. The smallest absolute Gasteiger partial charge is 0.264 e. The van der Waals surface area contributed by atoms with Gasteiger partial charge in [0.25, 0.3) is 5.89 Å². The Morgan fingerprint density at radius 2 is 1.95 bits per heavy atom. The van der Waals surface area contributed by atoms with E-state index in [0.29, 0.717) is 23.0 Å². The molecule has 0 amide bonds. The average molecular weight is 411 g/mol. The topological polar surface area (TPSA) is 71.8 Å². The van der Waals surface area contributed by atoms with Crippen LogP contribution in [0.2, 0.25) is 0 Å². The van der Waals surface area contributed by atoms with Gasteiger partial charge in [-0.3, -0.25) is 4.79 Å². The van der Waals surface area contributed by atoms with Gasteiger partial charge in [0.15, 0.2) is 5.78 Å². The van der Waals surface area contributed by atoms with Crippen molar-refractivity contribution in [3.8, 4) is 11.6 Å². The van der Waals surface area contributed by atoms with Crippen molar-refractivity contribution in [2.75, 3.05) is 0 Å². The minimum atomic E-state index is -0.0559. The van der Waals surface area contributed by atoms with Crippen LogP contribution in [0.25, 0.3) is 11.6 Å². The molecular weight excluding hydrogens is 402 g/mol. The van der Waals surface area contributed by atoms with E-state index in [1.165, 1.54) is 0 Å². The fraction of sp³-hybridized carbons (Fsp3) is 0.0714. The van der Waals surface area contributed by atoms with Crippen molar-refractivity contribution >= 4 is 37.6 Å². The molecule has 2 aromatic heterocycles. The summed E-state index contributed by atoms with van der Waals surface area (Å²) in [6.45, 7) is 0. The number of halogens is 2. The Labute approximate surface area is 137 Å². The van der Waals surface area contributed by atoms with E-state index in [2.05, 4.69) is 47.0 Å². The fourth-order valence-electron chi connectivity index (χ4n) is 1.82. The maximum Gasteiger partial charge on any atom is 0.264 e. The molecular formula is C14H9Br2N3O2. The predicted molar refractivity (Wildman–Crippen MR) is 84.0 cm³/mol. The number of H-pyrrole nitrogens is 1. The van der Waals surface area contributed by atoms with Gasteiger partial charge in [-0.05, 0) is 37.9 Å². The lowest BCUT2D eigenvalue weighted by atomic mass is 10.1. The zero-order chi connectivity index (χ0) is 14.8. The van der Waals surface area contributed by atoms with E-state index >= 15 is 0 Å². The number of hydrogen-bond donors (Lipinski definition) is 1. The second-order valence-corrected chi connectivity index (χ2v) is 5.96. The molecule has 21 heavy (non-hydrogen) atoms. The first-order valence-electron chi connectivity index (χ1n) is 6.08. The van der Waals surface area contributed by atoms with Crippen LogP contribution in [0.3, 0.4) is 0 Å². The highest BCUT2D eigenvalue weighted by Crippen LogP contribution is 2.28. The first-order valence-corrected chi connectivity index (χ1v) is 7.67. The Morgan fingerprint density at radius 1 is 1.19 bits per heavy atom. The van der Waals surface area contributed by atoms with Gasteiger partial charge >= 0.3 is 0 Å². The number of aromatic nitrogens is 3. The Kier molecular flexibility index (Phi) is 4.03. The van der Waals surface area contributed by atoms with Crippen LogP contribution in [0.5, 0.6) is 0 Å². The van der Waals surface area contributed by atoms with E-state index in [1.54, 1.807) is 12.1 Å². The zero-order valence-corrected chi connectivity index (χ0v) is 13.8. The number of Topliss-reactive ketones (excluding diaryl/α,β-unsaturated/α-hetero) is 1. The van der Waals surface area contributed by atoms with Crippen LogP contribution in [0, 0.1) is 0 Å². The average Bonchev–Trinajstić information content (AvgIpc) is 3.07. The molecule has 0 atom stereocenters. The van der Waals surface area contributed by atoms with E-state index in [0.717, 1.165) is 9.08 Å². The Hall–Kier alpha value is -1.73. The van der Waals surface area contributed by atoms with Crippen molar-refractivity contribution in [3.63, 3.8) is 0 Å². The monoisotopic (exact) mass is 409 g/mol. The highest BCUT2D eigenvalue weighted by atomic mass is 79.9. The van der Waals surface area contributed by atoms with E-state index in [4.69, 9.17) is 4.42 Å². The number of nitrogens with zero attached hydrogens (tertiary/aromatic N) is 2. The molecule has 0 bridgehead atoms.